The van der Waals surface area contributed by atoms with Crippen LogP contribution < -0.4 is 4.74 Å². The quantitative estimate of drug-likeness (QED) is 0.769. The zero-order valence-electron chi connectivity index (χ0n) is 11.1. The number of methoxy groups -OCH3 is 1. The molecular weight excluding hydrogens is 228 g/mol. The molecule has 0 radical (unpaired) electrons. The summed E-state index contributed by atoms with van der Waals surface area (Å²) in [5.41, 5.74) is 0.468. The average Bonchev–Trinajstić information content (AvgIpc) is 2.47. The molecule has 0 N–H and O–H groups in total. The summed E-state index contributed by atoms with van der Waals surface area (Å²) in [6.45, 7) is 2.22. The Labute approximate surface area is 108 Å². The summed E-state index contributed by atoms with van der Waals surface area (Å²) in [5, 5.41) is 7.79. The largest absolute Gasteiger partial charge is 0.480 e. The molecule has 4 heteroatoms. The van der Waals surface area contributed by atoms with Crippen LogP contribution in [0.2, 0.25) is 0 Å². The maximum absolute atomic E-state index is 12.3. The summed E-state index contributed by atoms with van der Waals surface area (Å²) >= 11 is 0. The topological polar surface area (TPSA) is 52.1 Å². The summed E-state index contributed by atoms with van der Waals surface area (Å²) in [7, 11) is 1.54. The van der Waals surface area contributed by atoms with E-state index in [-0.39, 0.29) is 11.7 Å². The van der Waals surface area contributed by atoms with Crippen molar-refractivity contribution in [1.82, 2.24) is 10.2 Å². The van der Waals surface area contributed by atoms with Gasteiger partial charge < -0.3 is 4.74 Å². The summed E-state index contributed by atoms with van der Waals surface area (Å²) in [6.07, 6.45) is 5.53. The first kappa shape index (κ1) is 13.0. The van der Waals surface area contributed by atoms with Crippen LogP contribution in [0.1, 0.15) is 49.5 Å². The number of carbonyl (C=O) groups is 1. The van der Waals surface area contributed by atoms with Crippen molar-refractivity contribution in [3.63, 3.8) is 0 Å². The highest BCUT2D eigenvalue weighted by atomic mass is 16.5. The maximum Gasteiger partial charge on any atom is 0.233 e. The van der Waals surface area contributed by atoms with E-state index in [1.54, 1.807) is 12.1 Å². The lowest BCUT2D eigenvalue weighted by molar-refractivity contribution is 0.0864. The average molecular weight is 248 g/mol. The third-order valence-electron chi connectivity index (χ3n) is 3.90. The van der Waals surface area contributed by atoms with Crippen LogP contribution in [0.5, 0.6) is 5.88 Å². The molecule has 4 nitrogen and oxygen atoms in total. The Balaban J connectivity index is 1.98. The Morgan fingerprint density at radius 2 is 2.00 bits per heavy atom. The van der Waals surface area contributed by atoms with Crippen LogP contribution >= 0.6 is 0 Å². The molecule has 0 aliphatic heterocycles. The summed E-state index contributed by atoms with van der Waals surface area (Å²) in [5.74, 6) is 1.52. The minimum absolute atomic E-state index is 0.135. The fourth-order valence-electron chi connectivity index (χ4n) is 2.60. The van der Waals surface area contributed by atoms with Gasteiger partial charge in [-0.2, -0.15) is 0 Å². The van der Waals surface area contributed by atoms with Gasteiger partial charge in [0.2, 0.25) is 5.88 Å². The molecule has 0 aromatic carbocycles. The number of Topliss-reactive ketones (excluding diaryl/α,β-unsaturated/α-hetero) is 1. The van der Waals surface area contributed by atoms with E-state index in [1.165, 1.54) is 13.5 Å². The van der Waals surface area contributed by atoms with Crippen LogP contribution in [0.3, 0.4) is 0 Å². The van der Waals surface area contributed by atoms with Gasteiger partial charge in [0.1, 0.15) is 5.69 Å². The molecule has 1 aliphatic rings. The number of carbonyl (C=O) groups excluding carboxylic acids is 1. The molecule has 0 bridgehead atoms. The van der Waals surface area contributed by atoms with Crippen molar-refractivity contribution >= 4 is 5.78 Å². The molecule has 1 aromatic heterocycles. The van der Waals surface area contributed by atoms with Crippen LogP contribution in [0.4, 0.5) is 0 Å². The van der Waals surface area contributed by atoms with Crippen molar-refractivity contribution in [2.24, 2.45) is 11.8 Å². The van der Waals surface area contributed by atoms with E-state index in [9.17, 15) is 4.79 Å². The molecule has 0 spiro atoms. The van der Waals surface area contributed by atoms with E-state index in [2.05, 4.69) is 17.1 Å². The molecule has 2 rings (SSSR count). The Morgan fingerprint density at radius 1 is 1.28 bits per heavy atom. The second-order valence-electron chi connectivity index (χ2n) is 4.95. The van der Waals surface area contributed by atoms with Gasteiger partial charge in [0.25, 0.3) is 0 Å². The third kappa shape index (κ3) is 2.86. The molecular formula is C14H20N2O2. The highest BCUT2D eigenvalue weighted by Crippen LogP contribution is 2.32. The normalized spacial score (nSPS) is 23.7. The van der Waals surface area contributed by atoms with Gasteiger partial charge >= 0.3 is 0 Å². The predicted molar refractivity (Wildman–Crippen MR) is 68.7 cm³/mol. The fourth-order valence-corrected chi connectivity index (χ4v) is 2.60. The van der Waals surface area contributed by atoms with Crippen molar-refractivity contribution in [2.45, 2.75) is 39.0 Å². The van der Waals surface area contributed by atoms with E-state index in [0.717, 1.165) is 31.6 Å². The van der Waals surface area contributed by atoms with Crippen molar-refractivity contribution in [2.75, 3.05) is 7.11 Å². The van der Waals surface area contributed by atoms with E-state index >= 15 is 0 Å². The first-order valence-electron chi connectivity index (χ1n) is 6.66. The minimum atomic E-state index is 0.135. The third-order valence-corrected chi connectivity index (χ3v) is 3.90. The van der Waals surface area contributed by atoms with E-state index in [0.29, 0.717) is 11.6 Å². The minimum Gasteiger partial charge on any atom is -0.480 e. The molecule has 1 saturated carbocycles. The number of hydrogen-bond donors (Lipinski definition) is 0. The molecule has 0 atom stereocenters. The first-order valence-corrected chi connectivity index (χ1v) is 6.66. The molecule has 0 unspecified atom stereocenters. The maximum atomic E-state index is 12.3. The molecule has 0 amide bonds. The van der Waals surface area contributed by atoms with Crippen molar-refractivity contribution < 1.29 is 9.53 Å². The smallest absolute Gasteiger partial charge is 0.233 e. The van der Waals surface area contributed by atoms with Gasteiger partial charge in [-0.15, -0.1) is 10.2 Å². The van der Waals surface area contributed by atoms with Crippen molar-refractivity contribution in [3.05, 3.63) is 17.8 Å². The van der Waals surface area contributed by atoms with Crippen LogP contribution in [-0.4, -0.2) is 23.1 Å². The van der Waals surface area contributed by atoms with Crippen LogP contribution in [0, 0.1) is 11.8 Å². The Bertz CT molecular complexity index is 395. The Morgan fingerprint density at radius 3 is 2.50 bits per heavy atom. The lowest BCUT2D eigenvalue weighted by atomic mass is 9.78. The zero-order chi connectivity index (χ0) is 13.0. The predicted octanol–water partition coefficient (Wildman–Crippen LogP) is 2.88. The zero-order valence-corrected chi connectivity index (χ0v) is 11.1. The van der Waals surface area contributed by atoms with Crippen LogP contribution in [0.25, 0.3) is 0 Å². The molecule has 1 fully saturated rings. The van der Waals surface area contributed by atoms with Gasteiger partial charge in [-0.3, -0.25) is 4.79 Å². The van der Waals surface area contributed by atoms with Crippen molar-refractivity contribution in [3.8, 4) is 5.88 Å². The van der Waals surface area contributed by atoms with Crippen molar-refractivity contribution in [1.29, 1.82) is 0 Å². The highest BCUT2D eigenvalue weighted by molar-refractivity contribution is 5.95. The molecule has 18 heavy (non-hydrogen) atoms. The van der Waals surface area contributed by atoms with Gasteiger partial charge in [0.15, 0.2) is 5.78 Å². The summed E-state index contributed by atoms with van der Waals surface area (Å²) in [6, 6.07) is 3.40. The SMILES string of the molecule is CCC1CCC(C(=O)c2ccc(OC)nn2)CC1. The second-order valence-corrected chi connectivity index (χ2v) is 4.95. The number of nitrogens with zero attached hydrogens (tertiary/aromatic N) is 2. The Hall–Kier alpha value is -1.45. The number of aromatic nitrogens is 2. The molecule has 1 aliphatic carbocycles. The molecule has 98 valence electrons. The van der Waals surface area contributed by atoms with Gasteiger partial charge in [-0.25, -0.2) is 0 Å². The lowest BCUT2D eigenvalue weighted by Gasteiger charge is -2.26. The first-order chi connectivity index (χ1) is 8.74. The molecule has 1 heterocycles. The molecule has 0 saturated heterocycles. The second kappa shape index (κ2) is 5.94. The summed E-state index contributed by atoms with van der Waals surface area (Å²) < 4.78 is 4.94. The van der Waals surface area contributed by atoms with Gasteiger partial charge in [0, 0.05) is 12.0 Å². The lowest BCUT2D eigenvalue weighted by Crippen LogP contribution is -2.22. The number of hydrogen-bond acceptors (Lipinski definition) is 4. The van der Waals surface area contributed by atoms with Gasteiger partial charge in [-0.05, 0) is 37.7 Å². The number of ketones is 1. The van der Waals surface area contributed by atoms with Crippen LogP contribution in [0.15, 0.2) is 12.1 Å². The standard InChI is InChI=1S/C14H20N2O2/c1-3-10-4-6-11(7-5-10)14(17)12-8-9-13(18-2)16-15-12/h8-11H,3-7H2,1-2H3. The highest BCUT2D eigenvalue weighted by Gasteiger charge is 2.27. The Kier molecular flexibility index (Phi) is 4.28. The summed E-state index contributed by atoms with van der Waals surface area (Å²) in [4.78, 5) is 12.3. The number of rotatable bonds is 4. The van der Waals surface area contributed by atoms with E-state index in [1.807, 2.05) is 0 Å². The number of ether oxygens (including phenoxy) is 1. The van der Waals surface area contributed by atoms with E-state index in [4.69, 9.17) is 4.74 Å². The van der Waals surface area contributed by atoms with Gasteiger partial charge in [0.05, 0.1) is 7.11 Å². The monoisotopic (exact) mass is 248 g/mol. The molecule has 1 aromatic rings. The van der Waals surface area contributed by atoms with E-state index < -0.39 is 0 Å². The fraction of sp³-hybridized carbons (Fsp3) is 0.643. The van der Waals surface area contributed by atoms with Crippen LogP contribution in [-0.2, 0) is 0 Å². The van der Waals surface area contributed by atoms with Gasteiger partial charge in [-0.1, -0.05) is 13.3 Å².